The van der Waals surface area contributed by atoms with Gasteiger partial charge in [-0.1, -0.05) is 19.1 Å². The summed E-state index contributed by atoms with van der Waals surface area (Å²) in [6.07, 6.45) is -0.417. The van der Waals surface area contributed by atoms with Crippen LogP contribution in [0.2, 0.25) is 0 Å². The van der Waals surface area contributed by atoms with Crippen molar-refractivity contribution in [3.8, 4) is 5.75 Å². The van der Waals surface area contributed by atoms with Crippen LogP contribution in [0, 0.1) is 0 Å². The Morgan fingerprint density at radius 1 is 1.27 bits per heavy atom. The summed E-state index contributed by atoms with van der Waals surface area (Å²) in [5, 5.41) is 21.0. The predicted octanol–water partition coefficient (Wildman–Crippen LogP) is 1.36. The summed E-state index contributed by atoms with van der Waals surface area (Å²) in [6, 6.07) is 6.29. The number of aliphatic hydroxyl groups excluding tert-OH is 1. The minimum absolute atomic E-state index is 0.117. The van der Waals surface area contributed by atoms with Gasteiger partial charge in [0.05, 0.1) is 12.1 Å². The zero-order valence-corrected chi connectivity index (χ0v) is 13.1. The molecule has 3 unspecified atom stereocenters. The van der Waals surface area contributed by atoms with Crippen molar-refractivity contribution in [2.24, 2.45) is 0 Å². The molecule has 1 amide bonds. The Bertz CT molecular complexity index is 500. The molecule has 6 nitrogen and oxygen atoms in total. The van der Waals surface area contributed by atoms with Crippen molar-refractivity contribution in [3.05, 3.63) is 29.8 Å². The molecule has 122 valence electrons. The number of hydrogen-bond donors (Lipinski definition) is 3. The third kappa shape index (κ3) is 5.73. The SMILES string of the molecule is CCC(C)Oc1ccc(CC(NC(C)=O)C(O)C(=O)O)cc1. The first kappa shape index (κ1) is 18.0. The van der Waals surface area contributed by atoms with Crippen molar-refractivity contribution in [3.63, 3.8) is 0 Å². The number of aliphatic carboxylic acids is 1. The monoisotopic (exact) mass is 309 g/mol. The van der Waals surface area contributed by atoms with Crippen molar-refractivity contribution in [1.29, 1.82) is 0 Å². The van der Waals surface area contributed by atoms with Crippen molar-refractivity contribution < 1.29 is 24.5 Å². The normalized spacial score (nSPS) is 14.7. The van der Waals surface area contributed by atoms with Gasteiger partial charge < -0.3 is 20.3 Å². The second kappa shape index (κ2) is 8.38. The molecule has 0 aromatic heterocycles. The Morgan fingerprint density at radius 2 is 1.86 bits per heavy atom. The van der Waals surface area contributed by atoms with E-state index in [2.05, 4.69) is 5.32 Å². The topological polar surface area (TPSA) is 95.9 Å². The minimum atomic E-state index is -1.65. The summed E-state index contributed by atoms with van der Waals surface area (Å²) in [6.45, 7) is 5.29. The van der Waals surface area contributed by atoms with Gasteiger partial charge in [0.1, 0.15) is 5.75 Å². The molecular weight excluding hydrogens is 286 g/mol. The maximum Gasteiger partial charge on any atom is 0.334 e. The van der Waals surface area contributed by atoms with Crippen LogP contribution >= 0.6 is 0 Å². The molecule has 3 N–H and O–H groups in total. The van der Waals surface area contributed by atoms with Crippen molar-refractivity contribution >= 4 is 11.9 Å². The maximum atomic E-state index is 11.1. The average molecular weight is 309 g/mol. The van der Waals surface area contributed by atoms with E-state index in [4.69, 9.17) is 9.84 Å². The number of carbonyl (C=O) groups is 2. The lowest BCUT2D eigenvalue weighted by atomic mass is 10.0. The first-order valence-corrected chi connectivity index (χ1v) is 7.27. The minimum Gasteiger partial charge on any atom is -0.491 e. The Labute approximate surface area is 130 Å². The van der Waals surface area contributed by atoms with Gasteiger partial charge >= 0.3 is 5.97 Å². The molecule has 1 aromatic carbocycles. The number of carboxylic acids is 1. The standard InChI is InChI=1S/C16H23NO5/c1-4-10(2)22-13-7-5-12(6-8-13)9-14(17-11(3)18)15(19)16(20)21/h5-8,10,14-15,19H,4,9H2,1-3H3,(H,17,18)(H,20,21). The van der Waals surface area contributed by atoms with E-state index in [1.807, 2.05) is 13.8 Å². The van der Waals surface area contributed by atoms with E-state index in [1.54, 1.807) is 24.3 Å². The quantitative estimate of drug-likeness (QED) is 0.674. The molecule has 0 radical (unpaired) electrons. The summed E-state index contributed by atoms with van der Waals surface area (Å²) in [4.78, 5) is 22.0. The summed E-state index contributed by atoms with van der Waals surface area (Å²) >= 11 is 0. The number of amides is 1. The molecule has 0 aliphatic rings. The molecule has 0 bridgehead atoms. The van der Waals surface area contributed by atoms with Crippen LogP contribution < -0.4 is 10.1 Å². The molecule has 1 rings (SSSR count). The van der Waals surface area contributed by atoms with E-state index >= 15 is 0 Å². The highest BCUT2D eigenvalue weighted by Gasteiger charge is 2.26. The van der Waals surface area contributed by atoms with Crippen LogP contribution in [0.3, 0.4) is 0 Å². The second-order valence-corrected chi connectivity index (χ2v) is 5.27. The summed E-state index contributed by atoms with van der Waals surface area (Å²) in [5.74, 6) is -1.02. The molecule has 0 saturated heterocycles. The Balaban J connectivity index is 2.76. The Kier molecular flexibility index (Phi) is 6.85. The molecule has 0 aliphatic carbocycles. The van der Waals surface area contributed by atoms with E-state index in [0.717, 1.165) is 17.7 Å². The number of ether oxygens (including phenoxy) is 1. The highest BCUT2D eigenvalue weighted by Crippen LogP contribution is 2.16. The van der Waals surface area contributed by atoms with Crippen LogP contribution in [0.1, 0.15) is 32.8 Å². The van der Waals surface area contributed by atoms with Crippen molar-refractivity contribution in [2.45, 2.75) is 51.9 Å². The van der Waals surface area contributed by atoms with Crippen molar-refractivity contribution in [1.82, 2.24) is 5.32 Å². The molecule has 0 spiro atoms. The third-order valence-corrected chi connectivity index (χ3v) is 3.31. The number of rotatable bonds is 8. The lowest BCUT2D eigenvalue weighted by molar-refractivity contribution is -0.148. The molecule has 1 aromatic rings. The molecule has 3 atom stereocenters. The van der Waals surface area contributed by atoms with Crippen LogP contribution in [-0.2, 0) is 16.0 Å². The van der Waals surface area contributed by atoms with Crippen LogP contribution in [0.5, 0.6) is 5.75 Å². The highest BCUT2D eigenvalue weighted by atomic mass is 16.5. The largest absolute Gasteiger partial charge is 0.491 e. The van der Waals surface area contributed by atoms with Gasteiger partial charge in [-0.3, -0.25) is 4.79 Å². The third-order valence-electron chi connectivity index (χ3n) is 3.31. The smallest absolute Gasteiger partial charge is 0.334 e. The van der Waals surface area contributed by atoms with E-state index in [9.17, 15) is 14.7 Å². The van der Waals surface area contributed by atoms with Crippen LogP contribution in [0.15, 0.2) is 24.3 Å². The van der Waals surface area contributed by atoms with Crippen LogP contribution in [0.25, 0.3) is 0 Å². The fourth-order valence-electron chi connectivity index (χ4n) is 1.95. The van der Waals surface area contributed by atoms with Gasteiger partial charge in [-0.05, 0) is 37.5 Å². The van der Waals surface area contributed by atoms with Gasteiger partial charge in [-0.15, -0.1) is 0 Å². The molecule has 0 heterocycles. The summed E-state index contributed by atoms with van der Waals surface area (Å²) in [7, 11) is 0. The predicted molar refractivity (Wildman–Crippen MR) is 81.8 cm³/mol. The average Bonchev–Trinajstić information content (AvgIpc) is 2.47. The molecule has 0 aliphatic heterocycles. The number of carbonyl (C=O) groups excluding carboxylic acids is 1. The summed E-state index contributed by atoms with van der Waals surface area (Å²) < 4.78 is 5.66. The second-order valence-electron chi connectivity index (χ2n) is 5.27. The summed E-state index contributed by atoms with van der Waals surface area (Å²) in [5.41, 5.74) is 0.801. The lowest BCUT2D eigenvalue weighted by Gasteiger charge is -2.21. The zero-order chi connectivity index (χ0) is 16.7. The zero-order valence-electron chi connectivity index (χ0n) is 13.1. The molecule has 0 saturated carbocycles. The van der Waals surface area contributed by atoms with E-state index in [1.165, 1.54) is 6.92 Å². The lowest BCUT2D eigenvalue weighted by Crippen LogP contribution is -2.47. The fraction of sp³-hybridized carbons (Fsp3) is 0.500. The highest BCUT2D eigenvalue weighted by molar-refractivity contribution is 5.77. The Morgan fingerprint density at radius 3 is 2.32 bits per heavy atom. The van der Waals surface area contributed by atoms with Gasteiger partial charge in [0.25, 0.3) is 0 Å². The maximum absolute atomic E-state index is 11.1. The van der Waals surface area contributed by atoms with Gasteiger partial charge in [0, 0.05) is 6.92 Å². The van der Waals surface area contributed by atoms with Gasteiger partial charge in [-0.25, -0.2) is 4.79 Å². The molecule has 22 heavy (non-hydrogen) atoms. The molecule has 0 fully saturated rings. The number of benzene rings is 1. The first-order chi connectivity index (χ1) is 10.3. The molecular formula is C16H23NO5. The number of aliphatic hydroxyl groups is 1. The van der Waals surface area contributed by atoms with Crippen LogP contribution in [0.4, 0.5) is 0 Å². The first-order valence-electron chi connectivity index (χ1n) is 7.27. The van der Waals surface area contributed by atoms with E-state index in [0.29, 0.717) is 0 Å². The van der Waals surface area contributed by atoms with Crippen molar-refractivity contribution in [2.75, 3.05) is 0 Å². The fourth-order valence-corrected chi connectivity index (χ4v) is 1.95. The van der Waals surface area contributed by atoms with Gasteiger partial charge in [0.2, 0.25) is 5.91 Å². The van der Waals surface area contributed by atoms with Crippen LogP contribution in [-0.4, -0.2) is 40.3 Å². The van der Waals surface area contributed by atoms with Gasteiger partial charge in [0.15, 0.2) is 6.10 Å². The van der Waals surface area contributed by atoms with E-state index in [-0.39, 0.29) is 18.4 Å². The Hall–Kier alpha value is -2.08. The number of carboxylic acid groups (broad SMARTS) is 1. The van der Waals surface area contributed by atoms with E-state index < -0.39 is 18.1 Å². The number of hydrogen-bond acceptors (Lipinski definition) is 4. The molecule has 6 heteroatoms. The van der Waals surface area contributed by atoms with Gasteiger partial charge in [-0.2, -0.15) is 0 Å². The number of nitrogens with one attached hydrogen (secondary N) is 1.